The van der Waals surface area contributed by atoms with Gasteiger partial charge in [0.2, 0.25) is 0 Å². The number of alkyl halides is 3. The van der Waals surface area contributed by atoms with Gasteiger partial charge < -0.3 is 19.3 Å². The van der Waals surface area contributed by atoms with Crippen molar-refractivity contribution in [1.82, 2.24) is 14.9 Å². The van der Waals surface area contributed by atoms with E-state index in [2.05, 4.69) is 14.9 Å². The molecule has 0 N–H and O–H groups in total. The fourth-order valence-corrected chi connectivity index (χ4v) is 9.08. The molecule has 0 amide bonds. The number of rotatable bonds is 11. The fraction of sp³-hybridized carbons (Fsp3) is 0.405. The summed E-state index contributed by atoms with van der Waals surface area (Å²) in [6.07, 6.45) is 0.856. The lowest BCUT2D eigenvalue weighted by atomic mass is 9.60. The molecule has 6 rings (SSSR count). The van der Waals surface area contributed by atoms with Gasteiger partial charge in [0.05, 0.1) is 26.3 Å². The Morgan fingerprint density at radius 3 is 2.33 bits per heavy atom. The average Bonchev–Trinajstić information content (AvgIpc) is 3.09. The van der Waals surface area contributed by atoms with Gasteiger partial charge in [-0.25, -0.2) is 31.5 Å². The van der Waals surface area contributed by atoms with E-state index in [4.69, 9.17) is 9.47 Å². The van der Waals surface area contributed by atoms with Gasteiger partial charge in [-0.15, -0.1) is 0 Å². The molecule has 2 fully saturated rings. The standard InChI is InChI=1S/C37H40F5N5O4S/c1-45(2)36(28-16-26(17-28)24-7-5-8-27(15-24)37(40,41)42)12-6-14-46(22-36)29-18-31(38)35(32(39)19-29)52(48,49)47(34-11-13-43-23-44-34)21-25-9-10-30(50-3)20-33(25)51-4/h5,7-11,13,15,18-20,23,26,28H,6,12,14,16-17,21-22H2,1-4H3/t26?,28?,36-/m1/s1. The lowest BCUT2D eigenvalue weighted by Crippen LogP contribution is -2.62. The summed E-state index contributed by atoms with van der Waals surface area (Å²) in [6, 6.07) is 13.6. The first-order valence-electron chi connectivity index (χ1n) is 16.8. The quantitative estimate of drug-likeness (QED) is 0.148. The smallest absolute Gasteiger partial charge is 0.416 e. The van der Waals surface area contributed by atoms with Gasteiger partial charge in [-0.2, -0.15) is 13.2 Å². The lowest BCUT2D eigenvalue weighted by Gasteiger charge is -2.57. The maximum absolute atomic E-state index is 16.1. The van der Waals surface area contributed by atoms with Crippen molar-refractivity contribution >= 4 is 21.5 Å². The van der Waals surface area contributed by atoms with E-state index in [1.807, 2.05) is 19.0 Å². The minimum atomic E-state index is -4.88. The van der Waals surface area contributed by atoms with Crippen LogP contribution in [0.15, 0.2) is 78.1 Å². The second-order valence-electron chi connectivity index (χ2n) is 13.5. The van der Waals surface area contributed by atoms with E-state index in [1.165, 1.54) is 38.6 Å². The van der Waals surface area contributed by atoms with Gasteiger partial charge >= 0.3 is 6.18 Å². The molecule has 4 aromatic rings. The molecular formula is C37H40F5N5O4S. The summed E-state index contributed by atoms with van der Waals surface area (Å²) < 4.78 is 112. The number of anilines is 2. The van der Waals surface area contributed by atoms with Crippen molar-refractivity contribution in [1.29, 1.82) is 0 Å². The number of likely N-dealkylation sites (N-methyl/N-ethyl adjacent to an activating group) is 1. The second-order valence-corrected chi connectivity index (χ2v) is 15.3. The number of hydrogen-bond donors (Lipinski definition) is 0. The number of aromatic nitrogens is 2. The molecule has 2 aliphatic rings. The Morgan fingerprint density at radius 1 is 0.981 bits per heavy atom. The Bertz CT molecular complexity index is 1990. The summed E-state index contributed by atoms with van der Waals surface area (Å²) in [7, 11) is 1.88. The highest BCUT2D eigenvalue weighted by Crippen LogP contribution is 2.52. The van der Waals surface area contributed by atoms with E-state index in [-0.39, 0.29) is 29.9 Å². The number of halogens is 5. The van der Waals surface area contributed by atoms with Crippen molar-refractivity contribution in [3.63, 3.8) is 0 Å². The van der Waals surface area contributed by atoms with Gasteiger partial charge in [-0.05, 0) is 87.5 Å². The first kappa shape index (κ1) is 37.3. The van der Waals surface area contributed by atoms with Crippen molar-refractivity contribution in [3.05, 3.63) is 102 Å². The molecule has 0 unspecified atom stereocenters. The minimum absolute atomic E-state index is 0.0328. The Morgan fingerprint density at radius 2 is 1.71 bits per heavy atom. The van der Waals surface area contributed by atoms with E-state index in [0.717, 1.165) is 35.3 Å². The molecule has 1 aromatic heterocycles. The SMILES string of the molecule is COc1ccc(CN(c2ccncn2)S(=O)(=O)c2c(F)cc(N3CCC[C@@](C4CC(c5cccc(C(F)(F)F)c5)C4)(N(C)C)C3)cc2F)c(OC)c1. The Hall–Kier alpha value is -4.50. The minimum Gasteiger partial charge on any atom is -0.497 e. The van der Waals surface area contributed by atoms with Crippen LogP contribution in [0.3, 0.4) is 0 Å². The van der Waals surface area contributed by atoms with E-state index >= 15 is 8.78 Å². The van der Waals surface area contributed by atoms with Crippen LogP contribution in [0.2, 0.25) is 0 Å². The highest BCUT2D eigenvalue weighted by Gasteiger charge is 2.50. The maximum Gasteiger partial charge on any atom is 0.416 e. The van der Waals surface area contributed by atoms with Gasteiger partial charge in [0.1, 0.15) is 35.3 Å². The highest BCUT2D eigenvalue weighted by molar-refractivity contribution is 7.92. The van der Waals surface area contributed by atoms with Crippen LogP contribution in [-0.4, -0.2) is 70.2 Å². The van der Waals surface area contributed by atoms with Gasteiger partial charge in [0.25, 0.3) is 10.0 Å². The van der Waals surface area contributed by atoms with Gasteiger partial charge in [-0.1, -0.05) is 18.2 Å². The largest absolute Gasteiger partial charge is 0.497 e. The number of benzene rings is 3. The molecule has 278 valence electrons. The summed E-state index contributed by atoms with van der Waals surface area (Å²) in [5, 5.41) is 0. The van der Waals surface area contributed by atoms with Crippen LogP contribution in [0, 0.1) is 17.6 Å². The van der Waals surface area contributed by atoms with Crippen LogP contribution < -0.4 is 18.7 Å². The molecule has 1 saturated heterocycles. The van der Waals surface area contributed by atoms with Crippen LogP contribution in [0.5, 0.6) is 11.5 Å². The van der Waals surface area contributed by atoms with Gasteiger partial charge in [0.15, 0.2) is 4.90 Å². The Labute approximate surface area is 300 Å². The second kappa shape index (κ2) is 14.5. The molecule has 0 spiro atoms. The molecule has 1 aliphatic heterocycles. The number of sulfonamides is 1. The number of piperidine rings is 1. The molecule has 1 saturated carbocycles. The van der Waals surface area contributed by atoms with E-state index in [0.29, 0.717) is 55.0 Å². The van der Waals surface area contributed by atoms with Crippen LogP contribution in [0.1, 0.15) is 48.3 Å². The predicted molar refractivity (Wildman–Crippen MR) is 186 cm³/mol. The summed E-state index contributed by atoms with van der Waals surface area (Å²) in [5.41, 5.74) is 0.140. The van der Waals surface area contributed by atoms with Crippen molar-refractivity contribution < 1.29 is 39.8 Å². The third-order valence-electron chi connectivity index (χ3n) is 10.5. The van der Waals surface area contributed by atoms with Crippen LogP contribution in [0.4, 0.5) is 33.5 Å². The highest BCUT2D eigenvalue weighted by atomic mass is 32.2. The van der Waals surface area contributed by atoms with Crippen LogP contribution >= 0.6 is 0 Å². The van der Waals surface area contributed by atoms with Gasteiger partial charge in [-0.3, -0.25) is 0 Å². The Balaban J connectivity index is 1.27. The molecule has 52 heavy (non-hydrogen) atoms. The average molecular weight is 746 g/mol. The number of ether oxygens (including phenoxy) is 2. The normalized spacial score (nSPS) is 20.8. The van der Waals surface area contributed by atoms with Crippen molar-refractivity contribution in [2.45, 2.75) is 54.8 Å². The number of methoxy groups -OCH3 is 2. The lowest BCUT2D eigenvalue weighted by molar-refractivity contribution is -0.137. The molecule has 0 radical (unpaired) electrons. The molecular weight excluding hydrogens is 705 g/mol. The topological polar surface area (TPSA) is 88.1 Å². The maximum atomic E-state index is 16.1. The van der Waals surface area contributed by atoms with Crippen molar-refractivity contribution in [3.8, 4) is 11.5 Å². The monoisotopic (exact) mass is 745 g/mol. The molecule has 15 heteroatoms. The first-order valence-corrected chi connectivity index (χ1v) is 18.2. The molecule has 9 nitrogen and oxygen atoms in total. The predicted octanol–water partition coefficient (Wildman–Crippen LogP) is 7.28. The van der Waals surface area contributed by atoms with E-state index in [9.17, 15) is 21.6 Å². The van der Waals surface area contributed by atoms with Crippen LogP contribution in [-0.2, 0) is 22.7 Å². The zero-order chi connectivity index (χ0) is 37.4. The van der Waals surface area contributed by atoms with Crippen LogP contribution in [0.25, 0.3) is 0 Å². The molecule has 1 aliphatic carbocycles. The van der Waals surface area contributed by atoms with E-state index < -0.39 is 43.8 Å². The summed E-state index contributed by atoms with van der Waals surface area (Å²) in [4.78, 5) is 10.8. The third-order valence-corrected chi connectivity index (χ3v) is 12.3. The summed E-state index contributed by atoms with van der Waals surface area (Å²) >= 11 is 0. The molecule has 2 heterocycles. The number of nitrogens with zero attached hydrogens (tertiary/aromatic N) is 5. The Kier molecular flexibility index (Phi) is 10.4. The first-order chi connectivity index (χ1) is 24.7. The fourth-order valence-electron chi connectivity index (χ4n) is 7.59. The number of hydrogen-bond acceptors (Lipinski definition) is 8. The molecule has 3 aromatic carbocycles. The molecule has 0 bridgehead atoms. The zero-order valence-corrected chi connectivity index (χ0v) is 30.0. The molecule has 1 atom stereocenters. The zero-order valence-electron chi connectivity index (χ0n) is 29.2. The van der Waals surface area contributed by atoms with E-state index in [1.54, 1.807) is 24.3 Å². The summed E-state index contributed by atoms with van der Waals surface area (Å²) in [6.45, 7) is 0.511. The third kappa shape index (κ3) is 7.12. The summed E-state index contributed by atoms with van der Waals surface area (Å²) in [5.74, 6) is -1.77. The van der Waals surface area contributed by atoms with Crippen molar-refractivity contribution in [2.75, 3.05) is 50.6 Å². The van der Waals surface area contributed by atoms with Crippen molar-refractivity contribution in [2.24, 2.45) is 5.92 Å². The van der Waals surface area contributed by atoms with Gasteiger partial charge in [0, 0.05) is 48.2 Å².